The van der Waals surface area contributed by atoms with Crippen molar-refractivity contribution in [2.24, 2.45) is 0 Å². The first kappa shape index (κ1) is 28.8. The second-order valence-corrected chi connectivity index (χ2v) is 10.9. The molecule has 0 atom stereocenters. The minimum absolute atomic E-state index is 0.00450. The normalized spacial score (nSPS) is 16.0. The van der Waals surface area contributed by atoms with Crippen LogP contribution in [0.5, 0.6) is 0 Å². The van der Waals surface area contributed by atoms with Crippen LogP contribution in [0.4, 0.5) is 21.6 Å². The summed E-state index contributed by atoms with van der Waals surface area (Å²) in [7, 11) is 0. The van der Waals surface area contributed by atoms with Crippen LogP contribution < -0.4 is 10.6 Å². The number of likely N-dealkylation sites (tertiary alicyclic amines) is 1. The van der Waals surface area contributed by atoms with Gasteiger partial charge in [-0.2, -0.15) is 0 Å². The van der Waals surface area contributed by atoms with Crippen molar-refractivity contribution in [1.82, 2.24) is 19.8 Å². The summed E-state index contributed by atoms with van der Waals surface area (Å²) in [6.45, 7) is 9.67. The van der Waals surface area contributed by atoms with E-state index in [0.29, 0.717) is 53.4 Å². The second kappa shape index (κ2) is 12.8. The van der Waals surface area contributed by atoms with Crippen molar-refractivity contribution >= 4 is 45.6 Å². The van der Waals surface area contributed by atoms with Gasteiger partial charge in [0.15, 0.2) is 0 Å². The molecule has 10 heteroatoms. The fourth-order valence-electron chi connectivity index (χ4n) is 4.84. The van der Waals surface area contributed by atoms with Crippen LogP contribution in [0.1, 0.15) is 32.3 Å². The van der Waals surface area contributed by atoms with E-state index in [4.69, 9.17) is 16.3 Å². The smallest absolute Gasteiger partial charge is 0.300 e. The third-order valence-electron chi connectivity index (χ3n) is 7.21. The van der Waals surface area contributed by atoms with E-state index < -0.39 is 11.7 Å². The number of aromatic nitrogens is 2. The summed E-state index contributed by atoms with van der Waals surface area (Å²) in [5.74, 6) is 11.9. The fourth-order valence-corrected chi connectivity index (χ4v) is 5.02. The van der Waals surface area contributed by atoms with E-state index in [1.807, 2.05) is 6.07 Å². The molecular weight excluding hydrogens is 543 g/mol. The van der Waals surface area contributed by atoms with E-state index in [1.165, 1.54) is 18.5 Å². The van der Waals surface area contributed by atoms with Gasteiger partial charge in [0.2, 0.25) is 0 Å². The highest BCUT2D eigenvalue weighted by Crippen LogP contribution is 2.30. The number of anilines is 3. The number of rotatable bonds is 5. The Labute approximate surface area is 244 Å². The molecule has 212 valence electrons. The Kier molecular flexibility index (Phi) is 9.02. The third kappa shape index (κ3) is 7.32. The van der Waals surface area contributed by atoms with Crippen LogP contribution in [0.25, 0.3) is 10.9 Å². The first-order chi connectivity index (χ1) is 19.8. The number of carbonyl (C=O) groups is 1. The van der Waals surface area contributed by atoms with Crippen molar-refractivity contribution in [1.29, 1.82) is 0 Å². The van der Waals surface area contributed by atoms with E-state index in [-0.39, 0.29) is 10.6 Å². The van der Waals surface area contributed by atoms with Gasteiger partial charge < -0.3 is 15.4 Å². The molecule has 1 amide bonds. The van der Waals surface area contributed by atoms with Gasteiger partial charge in [-0.15, -0.1) is 0 Å². The molecule has 0 bridgehead atoms. The highest BCUT2D eigenvalue weighted by molar-refractivity contribution is 6.31. The van der Waals surface area contributed by atoms with Gasteiger partial charge in [-0.1, -0.05) is 29.4 Å². The van der Waals surface area contributed by atoms with Gasteiger partial charge in [-0.25, -0.2) is 14.4 Å². The lowest BCUT2D eigenvalue weighted by Crippen LogP contribution is -2.40. The number of fused-ring (bicyclic) bond motifs is 1. The molecule has 3 heterocycles. The Bertz CT molecular complexity index is 1560. The van der Waals surface area contributed by atoms with Gasteiger partial charge in [0, 0.05) is 24.2 Å². The highest BCUT2D eigenvalue weighted by atomic mass is 35.5. The Morgan fingerprint density at radius 2 is 1.90 bits per heavy atom. The van der Waals surface area contributed by atoms with Crippen molar-refractivity contribution in [3.8, 4) is 23.7 Å². The van der Waals surface area contributed by atoms with Crippen LogP contribution in [0.15, 0.2) is 36.7 Å². The summed E-state index contributed by atoms with van der Waals surface area (Å²) in [5.41, 5.74) is 2.00. The molecule has 0 unspecified atom stereocenters. The van der Waals surface area contributed by atoms with Crippen LogP contribution in [0.2, 0.25) is 5.02 Å². The Balaban J connectivity index is 1.47. The Morgan fingerprint density at radius 1 is 1.12 bits per heavy atom. The number of nitrogens with one attached hydrogen (secondary N) is 2. The van der Waals surface area contributed by atoms with Crippen molar-refractivity contribution in [3.05, 3.63) is 53.1 Å². The van der Waals surface area contributed by atoms with Crippen molar-refractivity contribution in [2.45, 2.75) is 32.2 Å². The van der Waals surface area contributed by atoms with Crippen molar-refractivity contribution in [2.75, 3.05) is 56.6 Å². The predicted molar refractivity (Wildman–Crippen MR) is 160 cm³/mol. The average molecular weight is 575 g/mol. The van der Waals surface area contributed by atoms with Crippen molar-refractivity contribution in [3.63, 3.8) is 0 Å². The maximum absolute atomic E-state index is 13.7. The largest absolute Gasteiger partial charge is 0.379 e. The summed E-state index contributed by atoms with van der Waals surface area (Å²) in [6, 6.07) is 7.96. The zero-order chi connectivity index (χ0) is 28.8. The number of halogens is 2. The molecule has 2 aliphatic heterocycles. The molecule has 8 nitrogen and oxygen atoms in total. The summed E-state index contributed by atoms with van der Waals surface area (Å²) in [5, 5.41) is 6.75. The second-order valence-electron chi connectivity index (χ2n) is 10.5. The van der Waals surface area contributed by atoms with Gasteiger partial charge in [0.25, 0.3) is 5.91 Å². The molecule has 2 aromatic carbocycles. The van der Waals surface area contributed by atoms with Crippen molar-refractivity contribution < 1.29 is 13.9 Å². The molecule has 2 saturated heterocycles. The van der Waals surface area contributed by atoms with E-state index >= 15 is 0 Å². The monoisotopic (exact) mass is 574 g/mol. The zero-order valence-corrected chi connectivity index (χ0v) is 23.9. The molecule has 2 N–H and O–H groups in total. The number of nitrogens with zero attached hydrogens (tertiary/aromatic N) is 4. The van der Waals surface area contributed by atoms with E-state index in [2.05, 4.69) is 67.9 Å². The molecule has 0 aliphatic carbocycles. The lowest BCUT2D eigenvalue weighted by atomic mass is 10.0. The van der Waals surface area contributed by atoms with Crippen LogP contribution in [-0.4, -0.2) is 77.2 Å². The van der Waals surface area contributed by atoms with Crippen LogP contribution in [-0.2, 0) is 9.53 Å². The van der Waals surface area contributed by atoms with Gasteiger partial charge in [-0.05, 0) is 76.0 Å². The molecule has 0 spiro atoms. The van der Waals surface area contributed by atoms with Crippen LogP contribution in [0, 0.1) is 29.5 Å². The van der Waals surface area contributed by atoms with Gasteiger partial charge in [0.1, 0.15) is 18.0 Å². The Hall–Kier alpha value is -3.73. The third-order valence-corrected chi connectivity index (χ3v) is 7.50. The number of morpholine rings is 1. The highest BCUT2D eigenvalue weighted by Gasteiger charge is 2.27. The summed E-state index contributed by atoms with van der Waals surface area (Å²) < 4.78 is 19.1. The SMILES string of the molecule is CC(C)(C#Cc1cc2ncnc(Nc3ccc(F)c(Cl)c3)c2cc1NC(=O)C#CCN1CCOCC1)N1CCCC1. The number of ether oxygens (including phenoxy) is 1. The van der Waals surface area contributed by atoms with E-state index in [1.54, 1.807) is 12.1 Å². The molecule has 3 aromatic rings. The van der Waals surface area contributed by atoms with Crippen LogP contribution >= 0.6 is 11.6 Å². The number of amides is 1. The number of benzene rings is 2. The van der Waals surface area contributed by atoms with Gasteiger partial charge in [0.05, 0.1) is 47.1 Å². The fraction of sp³-hybridized carbons (Fsp3) is 0.387. The first-order valence-electron chi connectivity index (χ1n) is 13.7. The summed E-state index contributed by atoms with van der Waals surface area (Å²) in [4.78, 5) is 26.3. The number of carbonyl (C=O) groups excluding carboxylic acids is 1. The topological polar surface area (TPSA) is 82.6 Å². The maximum Gasteiger partial charge on any atom is 0.300 e. The van der Waals surface area contributed by atoms with Crippen LogP contribution in [0.3, 0.4) is 0 Å². The molecule has 5 rings (SSSR count). The minimum atomic E-state index is -0.510. The number of hydrogen-bond donors (Lipinski definition) is 2. The van der Waals surface area contributed by atoms with E-state index in [0.717, 1.165) is 39.0 Å². The molecule has 41 heavy (non-hydrogen) atoms. The summed E-state index contributed by atoms with van der Waals surface area (Å²) in [6.07, 6.45) is 3.77. The Morgan fingerprint density at radius 3 is 2.66 bits per heavy atom. The molecule has 0 radical (unpaired) electrons. The lowest BCUT2D eigenvalue weighted by Gasteiger charge is -2.30. The average Bonchev–Trinajstić information content (AvgIpc) is 3.51. The lowest BCUT2D eigenvalue weighted by molar-refractivity contribution is -0.111. The molecule has 0 saturated carbocycles. The standard InChI is InChI=1S/C31H32ClFN6O2/c1-31(2,39-12-3-4-13-39)10-9-22-18-28-24(30(35-21-34-28)36-23-7-8-26(33)25(32)19-23)20-27(22)37-29(40)6-5-11-38-14-16-41-17-15-38/h7-8,18-21H,3-4,11-17H2,1-2H3,(H,37,40)(H,34,35,36). The van der Waals surface area contributed by atoms with Gasteiger partial charge >= 0.3 is 0 Å². The molecule has 2 fully saturated rings. The minimum Gasteiger partial charge on any atom is -0.379 e. The predicted octanol–water partition coefficient (Wildman–Crippen LogP) is 4.67. The first-order valence-corrected chi connectivity index (χ1v) is 14.1. The maximum atomic E-state index is 13.7. The molecular formula is C31H32ClFN6O2. The zero-order valence-electron chi connectivity index (χ0n) is 23.2. The molecule has 2 aliphatic rings. The van der Waals surface area contributed by atoms with E-state index in [9.17, 15) is 9.18 Å². The van der Waals surface area contributed by atoms with Gasteiger partial charge in [-0.3, -0.25) is 14.6 Å². The quantitative estimate of drug-likeness (QED) is 0.429. The summed E-state index contributed by atoms with van der Waals surface area (Å²) >= 11 is 5.98. The molecule has 1 aromatic heterocycles. The number of hydrogen-bond acceptors (Lipinski definition) is 7.